The molecule has 1 saturated heterocycles. The Bertz CT molecular complexity index is 1230. The largest absolute Gasteiger partial charge is 0.373 e. The van der Waals surface area contributed by atoms with Crippen molar-refractivity contribution >= 4 is 42.6 Å². The molecule has 1 aliphatic heterocycles. The molecule has 3 aromatic rings. The molecule has 0 saturated carbocycles. The van der Waals surface area contributed by atoms with Crippen LogP contribution in [-0.2, 0) is 14.8 Å². The maximum absolute atomic E-state index is 13.0. The molecular weight excluding hydrogens is 446 g/mol. The monoisotopic (exact) mass is 473 g/mol. The number of ether oxygens (including phenoxy) is 1. The number of thiazole rings is 1. The second-order valence-corrected chi connectivity index (χ2v) is 11.4. The van der Waals surface area contributed by atoms with Gasteiger partial charge in [0, 0.05) is 18.7 Å². The van der Waals surface area contributed by atoms with E-state index in [2.05, 4.69) is 30.2 Å². The number of nitrogens with one attached hydrogen (secondary N) is 1. The van der Waals surface area contributed by atoms with Gasteiger partial charge in [-0.3, -0.25) is 10.1 Å². The SMILES string of the molecule is CC(C)c1ccc2nc(NC(=O)c3ccc(S(=O)(=O)N4C[C@@H](C)O[C@H](C)C4)cc3)sc2c1. The Hall–Kier alpha value is -2.33. The van der Waals surface area contributed by atoms with Gasteiger partial charge in [0.05, 0.1) is 27.3 Å². The van der Waals surface area contributed by atoms with Crippen LogP contribution in [0.5, 0.6) is 0 Å². The molecule has 0 bridgehead atoms. The Kier molecular flexibility index (Phi) is 6.35. The first-order chi connectivity index (χ1) is 15.1. The van der Waals surface area contributed by atoms with E-state index in [0.717, 1.165) is 10.2 Å². The predicted molar refractivity (Wildman–Crippen MR) is 127 cm³/mol. The summed E-state index contributed by atoms with van der Waals surface area (Å²) in [6.07, 6.45) is -0.326. The number of sulfonamides is 1. The van der Waals surface area contributed by atoms with Crippen molar-refractivity contribution in [3.63, 3.8) is 0 Å². The Morgan fingerprint density at radius 3 is 2.41 bits per heavy atom. The molecule has 170 valence electrons. The highest BCUT2D eigenvalue weighted by atomic mass is 32.2. The zero-order valence-electron chi connectivity index (χ0n) is 18.5. The minimum absolute atomic E-state index is 0.163. The van der Waals surface area contributed by atoms with Crippen molar-refractivity contribution in [2.24, 2.45) is 0 Å². The van der Waals surface area contributed by atoms with Gasteiger partial charge in [0.15, 0.2) is 5.13 Å². The average molecular weight is 474 g/mol. The quantitative estimate of drug-likeness (QED) is 0.591. The highest BCUT2D eigenvalue weighted by Gasteiger charge is 2.32. The fourth-order valence-electron chi connectivity index (χ4n) is 3.78. The van der Waals surface area contributed by atoms with Crippen molar-refractivity contribution in [3.8, 4) is 0 Å². The van der Waals surface area contributed by atoms with Crippen LogP contribution in [0.25, 0.3) is 10.2 Å². The summed E-state index contributed by atoms with van der Waals surface area (Å²) in [5.41, 5.74) is 2.43. The van der Waals surface area contributed by atoms with Crippen molar-refractivity contribution in [2.45, 2.75) is 50.7 Å². The molecule has 0 aliphatic carbocycles. The molecule has 32 heavy (non-hydrogen) atoms. The van der Waals surface area contributed by atoms with Crippen molar-refractivity contribution in [1.82, 2.24) is 9.29 Å². The maximum atomic E-state index is 13.0. The summed E-state index contributed by atoms with van der Waals surface area (Å²) < 4.78 is 34.1. The number of nitrogens with zero attached hydrogens (tertiary/aromatic N) is 2. The Balaban J connectivity index is 1.49. The summed E-state index contributed by atoms with van der Waals surface area (Å²) in [5, 5.41) is 3.33. The highest BCUT2D eigenvalue weighted by molar-refractivity contribution is 7.89. The number of anilines is 1. The van der Waals surface area contributed by atoms with Gasteiger partial charge < -0.3 is 4.74 Å². The summed E-state index contributed by atoms with van der Waals surface area (Å²) in [7, 11) is -3.65. The Morgan fingerprint density at radius 1 is 1.12 bits per heavy atom. The van der Waals surface area contributed by atoms with Crippen LogP contribution in [0.3, 0.4) is 0 Å². The smallest absolute Gasteiger partial charge is 0.257 e. The van der Waals surface area contributed by atoms with Crippen molar-refractivity contribution in [1.29, 1.82) is 0 Å². The molecule has 0 spiro atoms. The van der Waals surface area contributed by atoms with E-state index < -0.39 is 10.0 Å². The van der Waals surface area contributed by atoms with E-state index in [0.29, 0.717) is 29.7 Å². The van der Waals surface area contributed by atoms with Gasteiger partial charge in [-0.25, -0.2) is 13.4 Å². The lowest BCUT2D eigenvalue weighted by atomic mass is 10.0. The number of fused-ring (bicyclic) bond motifs is 1. The van der Waals surface area contributed by atoms with Gasteiger partial charge in [0.2, 0.25) is 10.0 Å². The van der Waals surface area contributed by atoms with E-state index in [1.165, 1.54) is 45.5 Å². The van der Waals surface area contributed by atoms with E-state index in [-0.39, 0.29) is 23.0 Å². The van der Waals surface area contributed by atoms with Gasteiger partial charge in [-0.05, 0) is 61.7 Å². The van der Waals surface area contributed by atoms with Gasteiger partial charge in [-0.15, -0.1) is 0 Å². The standard InChI is InChI=1S/C23H27N3O4S2/c1-14(2)18-7-10-20-21(11-18)31-23(24-20)25-22(27)17-5-8-19(9-6-17)32(28,29)26-12-15(3)30-16(4)13-26/h5-11,14-16H,12-13H2,1-4H3,(H,24,25,27)/t15-,16-/m1/s1. The van der Waals surface area contributed by atoms with Gasteiger partial charge in [0.25, 0.3) is 5.91 Å². The number of carbonyl (C=O) groups is 1. The third kappa shape index (κ3) is 4.71. The van der Waals surface area contributed by atoms with E-state index in [9.17, 15) is 13.2 Å². The van der Waals surface area contributed by atoms with Crippen LogP contribution in [0.1, 0.15) is 49.5 Å². The minimum Gasteiger partial charge on any atom is -0.373 e. The first-order valence-electron chi connectivity index (χ1n) is 10.6. The first-order valence-corrected chi connectivity index (χ1v) is 12.9. The molecule has 1 fully saturated rings. The molecule has 1 aromatic heterocycles. The van der Waals surface area contributed by atoms with Crippen LogP contribution < -0.4 is 5.32 Å². The van der Waals surface area contributed by atoms with Crippen LogP contribution in [-0.4, -0.2) is 48.9 Å². The molecule has 2 atom stereocenters. The molecule has 7 nitrogen and oxygen atoms in total. The molecule has 0 radical (unpaired) electrons. The normalized spacial score (nSPS) is 20.0. The Labute approximate surface area is 192 Å². The van der Waals surface area contributed by atoms with Gasteiger partial charge >= 0.3 is 0 Å². The molecule has 4 rings (SSSR count). The summed E-state index contributed by atoms with van der Waals surface area (Å²) in [5.74, 6) is 0.0870. The van der Waals surface area contributed by atoms with Crippen LogP contribution in [0.15, 0.2) is 47.4 Å². The predicted octanol–water partition coefficient (Wildman–Crippen LogP) is 4.47. The van der Waals surface area contributed by atoms with Gasteiger partial charge in [-0.2, -0.15) is 4.31 Å². The third-order valence-corrected chi connectivity index (χ3v) is 8.22. The van der Waals surface area contributed by atoms with E-state index in [4.69, 9.17) is 4.74 Å². The molecule has 1 aliphatic rings. The van der Waals surface area contributed by atoms with E-state index in [1.54, 1.807) is 0 Å². The summed E-state index contributed by atoms with van der Waals surface area (Å²) >= 11 is 1.42. The summed E-state index contributed by atoms with van der Waals surface area (Å²) in [4.78, 5) is 17.3. The molecule has 2 aromatic carbocycles. The maximum Gasteiger partial charge on any atom is 0.257 e. The van der Waals surface area contributed by atoms with Gasteiger partial charge in [-0.1, -0.05) is 31.3 Å². The zero-order chi connectivity index (χ0) is 23.0. The lowest BCUT2D eigenvalue weighted by Crippen LogP contribution is -2.48. The van der Waals surface area contributed by atoms with Crippen molar-refractivity contribution in [2.75, 3.05) is 18.4 Å². The lowest BCUT2D eigenvalue weighted by Gasteiger charge is -2.34. The van der Waals surface area contributed by atoms with Crippen LogP contribution in [0, 0.1) is 0 Å². The second-order valence-electron chi connectivity index (χ2n) is 8.46. The second kappa shape index (κ2) is 8.90. The average Bonchev–Trinajstić information content (AvgIpc) is 3.14. The molecule has 1 N–H and O–H groups in total. The number of amides is 1. The molecule has 0 unspecified atom stereocenters. The topological polar surface area (TPSA) is 88.6 Å². The van der Waals surface area contributed by atoms with Crippen molar-refractivity contribution < 1.29 is 17.9 Å². The number of aromatic nitrogens is 1. The molecular formula is C23H27N3O4S2. The highest BCUT2D eigenvalue weighted by Crippen LogP contribution is 2.29. The van der Waals surface area contributed by atoms with Crippen LogP contribution in [0.2, 0.25) is 0 Å². The summed E-state index contributed by atoms with van der Waals surface area (Å²) in [6.45, 7) is 8.61. The number of hydrogen-bond acceptors (Lipinski definition) is 6. The number of morpholine rings is 1. The van der Waals surface area contributed by atoms with Gasteiger partial charge in [0.1, 0.15) is 0 Å². The first kappa shape index (κ1) is 22.8. The summed E-state index contributed by atoms with van der Waals surface area (Å²) in [6, 6.07) is 12.1. The third-order valence-electron chi connectivity index (χ3n) is 5.44. The zero-order valence-corrected chi connectivity index (χ0v) is 20.2. The Morgan fingerprint density at radius 2 is 1.78 bits per heavy atom. The molecule has 2 heterocycles. The number of benzene rings is 2. The molecule has 1 amide bonds. The lowest BCUT2D eigenvalue weighted by molar-refractivity contribution is -0.0440. The number of rotatable bonds is 5. The van der Waals surface area contributed by atoms with E-state index >= 15 is 0 Å². The fourth-order valence-corrected chi connectivity index (χ4v) is 6.28. The number of hydrogen-bond donors (Lipinski definition) is 1. The number of carbonyl (C=O) groups excluding carboxylic acids is 1. The van der Waals surface area contributed by atoms with Crippen LogP contribution in [0.4, 0.5) is 5.13 Å². The molecule has 9 heteroatoms. The fraction of sp³-hybridized carbons (Fsp3) is 0.391. The minimum atomic E-state index is -3.65. The van der Waals surface area contributed by atoms with E-state index in [1.807, 2.05) is 26.0 Å². The van der Waals surface area contributed by atoms with Crippen molar-refractivity contribution in [3.05, 3.63) is 53.6 Å². The van der Waals surface area contributed by atoms with Crippen LogP contribution >= 0.6 is 11.3 Å².